The molecule has 0 saturated heterocycles. The lowest BCUT2D eigenvalue weighted by Gasteiger charge is -2.20. The van der Waals surface area contributed by atoms with Crippen molar-refractivity contribution in [1.29, 1.82) is 0 Å². The van der Waals surface area contributed by atoms with Gasteiger partial charge in [0.15, 0.2) is 0 Å². The van der Waals surface area contributed by atoms with Gasteiger partial charge in [0.25, 0.3) is 10.9 Å². The van der Waals surface area contributed by atoms with Crippen LogP contribution in [0.25, 0.3) is 0 Å². The van der Waals surface area contributed by atoms with Gasteiger partial charge in [-0.05, 0) is 42.8 Å². The molecule has 3 aromatic carbocycles. The van der Waals surface area contributed by atoms with E-state index in [1.807, 2.05) is 0 Å². The molecule has 4 N–H and O–H groups in total. The van der Waals surface area contributed by atoms with Crippen molar-refractivity contribution in [2.24, 2.45) is 0 Å². The second-order valence-corrected chi connectivity index (χ2v) is 6.22. The number of aromatic hydroxyl groups is 2. The van der Waals surface area contributed by atoms with E-state index in [0.717, 1.165) is 12.1 Å². The highest BCUT2D eigenvalue weighted by Gasteiger charge is 2.34. The topological polar surface area (TPSA) is 98.7 Å². The van der Waals surface area contributed by atoms with E-state index in [1.54, 1.807) is 19.1 Å². The Morgan fingerprint density at radius 3 is 2.29 bits per heavy atom. The van der Waals surface area contributed by atoms with Crippen LogP contribution in [0.5, 0.6) is 11.5 Å². The first-order valence-corrected chi connectivity index (χ1v) is 8.14. The Morgan fingerprint density at radius 2 is 1.64 bits per heavy atom. The van der Waals surface area contributed by atoms with E-state index in [2.05, 4.69) is 10.6 Å². The van der Waals surface area contributed by atoms with Crippen LogP contribution in [0.4, 0.5) is 30.2 Å². The molecule has 0 saturated carbocycles. The van der Waals surface area contributed by atoms with Crippen LogP contribution in [-0.2, 0) is 6.18 Å². The quantitative estimate of drug-likeness (QED) is 0.391. The van der Waals surface area contributed by atoms with Crippen LogP contribution in [0.3, 0.4) is 0 Å². The maximum Gasteiger partial charge on any atom is 0.420 e. The van der Waals surface area contributed by atoms with Crippen LogP contribution >= 0.6 is 0 Å². The third-order valence-corrected chi connectivity index (χ3v) is 4.21. The molecule has 9 heteroatoms. The Bertz CT molecular complexity index is 1100. The molecule has 0 spiro atoms. The van der Waals surface area contributed by atoms with Crippen molar-refractivity contribution in [3.8, 4) is 11.5 Å². The number of halogens is 3. The van der Waals surface area contributed by atoms with Crippen LogP contribution < -0.4 is 21.5 Å². The van der Waals surface area contributed by atoms with Gasteiger partial charge < -0.3 is 20.8 Å². The minimum atomic E-state index is -4.78. The van der Waals surface area contributed by atoms with Crippen molar-refractivity contribution >= 4 is 17.1 Å². The molecular weight excluding hydrogens is 377 g/mol. The molecule has 0 amide bonds. The summed E-state index contributed by atoms with van der Waals surface area (Å²) < 4.78 is 38.7. The molecule has 0 bridgehead atoms. The van der Waals surface area contributed by atoms with E-state index in [1.165, 1.54) is 12.1 Å². The van der Waals surface area contributed by atoms with E-state index in [4.69, 9.17) is 0 Å². The minimum Gasteiger partial charge on any atom is -0.508 e. The molecule has 0 heterocycles. The molecule has 1 atom stereocenters. The highest BCUT2D eigenvalue weighted by atomic mass is 19.4. The average Bonchev–Trinajstić information content (AvgIpc) is 2.64. The van der Waals surface area contributed by atoms with Crippen LogP contribution in [0.15, 0.2) is 52.1 Å². The lowest BCUT2D eigenvalue weighted by molar-refractivity contribution is -0.138. The normalized spacial score (nSPS) is 12.7. The Balaban J connectivity index is 1.87. The van der Waals surface area contributed by atoms with Crippen molar-refractivity contribution in [2.75, 3.05) is 10.6 Å². The molecule has 6 nitrogen and oxygen atoms in total. The van der Waals surface area contributed by atoms with Gasteiger partial charge in [0, 0.05) is 11.7 Å². The fourth-order valence-corrected chi connectivity index (χ4v) is 2.73. The van der Waals surface area contributed by atoms with E-state index < -0.39 is 34.4 Å². The Hall–Kier alpha value is -3.49. The fourth-order valence-electron chi connectivity index (χ4n) is 2.73. The highest BCUT2D eigenvalue weighted by molar-refractivity contribution is 5.79. The van der Waals surface area contributed by atoms with Crippen molar-refractivity contribution < 1.29 is 23.4 Å². The molecule has 0 aliphatic heterocycles. The van der Waals surface area contributed by atoms with Gasteiger partial charge >= 0.3 is 6.18 Å². The molecule has 146 valence electrons. The summed E-state index contributed by atoms with van der Waals surface area (Å²) in [6.07, 6.45) is -4.78. The molecular formula is C19H15F3N2O4. The molecule has 3 aromatic rings. The van der Waals surface area contributed by atoms with E-state index in [0.29, 0.717) is 11.6 Å². The number of benzene rings is 2. The van der Waals surface area contributed by atoms with Gasteiger partial charge in [-0.3, -0.25) is 9.59 Å². The number of hydrogen-bond acceptors (Lipinski definition) is 6. The van der Waals surface area contributed by atoms with Crippen LogP contribution in [-0.4, -0.2) is 10.2 Å². The monoisotopic (exact) mass is 392 g/mol. The summed E-state index contributed by atoms with van der Waals surface area (Å²) in [5, 5.41) is 24.2. The molecule has 0 aliphatic carbocycles. The molecule has 0 radical (unpaired) electrons. The third-order valence-electron chi connectivity index (χ3n) is 4.21. The zero-order chi connectivity index (χ0) is 20.6. The fraction of sp³-hybridized carbons (Fsp3) is 0.158. The van der Waals surface area contributed by atoms with E-state index >= 15 is 0 Å². The molecule has 0 aromatic heterocycles. The first-order chi connectivity index (χ1) is 13.1. The molecule has 3 rings (SSSR count). The van der Waals surface area contributed by atoms with E-state index in [9.17, 15) is 33.0 Å². The van der Waals surface area contributed by atoms with E-state index in [-0.39, 0.29) is 22.8 Å². The van der Waals surface area contributed by atoms with Gasteiger partial charge in [0.2, 0.25) is 0 Å². The van der Waals surface area contributed by atoms with Gasteiger partial charge in [0.1, 0.15) is 22.9 Å². The molecule has 0 unspecified atom stereocenters. The zero-order valence-corrected chi connectivity index (χ0v) is 14.5. The summed E-state index contributed by atoms with van der Waals surface area (Å²) >= 11 is 0. The summed E-state index contributed by atoms with van der Waals surface area (Å²) in [5.74, 6) is -0.919. The predicted molar refractivity (Wildman–Crippen MR) is 97.9 cm³/mol. The summed E-state index contributed by atoms with van der Waals surface area (Å²) in [6, 6.07) is 8.46. The summed E-state index contributed by atoms with van der Waals surface area (Å²) in [4.78, 5) is 23.8. The second-order valence-electron chi connectivity index (χ2n) is 6.22. The lowest BCUT2D eigenvalue weighted by Crippen LogP contribution is -2.37. The molecule has 0 aliphatic rings. The van der Waals surface area contributed by atoms with Gasteiger partial charge in [0.05, 0.1) is 5.56 Å². The molecule has 28 heavy (non-hydrogen) atoms. The minimum absolute atomic E-state index is 0.0262. The van der Waals surface area contributed by atoms with Crippen molar-refractivity contribution in [3.63, 3.8) is 0 Å². The standard InChI is InChI=1S/C19H15F3N2O4/c1-9(10-3-2-4-12(25)7-10)23-15-16(18(28)17(15)27)24-11-5-6-14(26)13(8-11)19(20,21)22/h2-9,23-26H,1H3/t9-/m1/s1. The smallest absolute Gasteiger partial charge is 0.420 e. The van der Waals surface area contributed by atoms with Gasteiger partial charge in [-0.15, -0.1) is 0 Å². The van der Waals surface area contributed by atoms with Gasteiger partial charge in [-0.2, -0.15) is 13.2 Å². The maximum atomic E-state index is 12.9. The number of phenolic OH excluding ortho intramolecular Hbond substituents is 2. The van der Waals surface area contributed by atoms with Crippen LogP contribution in [0.2, 0.25) is 0 Å². The zero-order valence-electron chi connectivity index (χ0n) is 14.5. The number of phenols is 2. The van der Waals surface area contributed by atoms with Gasteiger partial charge in [-0.25, -0.2) is 0 Å². The Labute approximate surface area is 156 Å². The summed E-state index contributed by atoms with van der Waals surface area (Å²) in [7, 11) is 0. The largest absolute Gasteiger partial charge is 0.508 e. The number of nitrogens with one attached hydrogen (secondary N) is 2. The SMILES string of the molecule is C[C@@H](Nc1c(Nc2ccc(O)c(C(F)(F)F)c2)c(=O)c1=O)c1cccc(O)c1. The number of rotatable bonds is 5. The van der Waals surface area contributed by atoms with Crippen LogP contribution in [0.1, 0.15) is 24.1 Å². The van der Waals surface area contributed by atoms with Gasteiger partial charge in [-0.1, -0.05) is 12.1 Å². The van der Waals surface area contributed by atoms with Crippen molar-refractivity contribution in [3.05, 3.63) is 74.0 Å². The predicted octanol–water partition coefficient (Wildman–Crippen LogP) is 3.63. The first kappa shape index (κ1) is 19.3. The maximum absolute atomic E-state index is 12.9. The second kappa shape index (κ2) is 6.91. The number of hydrogen-bond donors (Lipinski definition) is 4. The third kappa shape index (κ3) is 3.64. The van der Waals surface area contributed by atoms with Crippen molar-refractivity contribution in [2.45, 2.75) is 19.1 Å². The molecule has 0 fully saturated rings. The van der Waals surface area contributed by atoms with Crippen molar-refractivity contribution in [1.82, 2.24) is 0 Å². The number of anilines is 3. The Morgan fingerprint density at radius 1 is 0.964 bits per heavy atom. The summed E-state index contributed by atoms with van der Waals surface area (Å²) in [6.45, 7) is 1.69. The van der Waals surface area contributed by atoms with Crippen LogP contribution in [0, 0.1) is 0 Å². The Kier molecular flexibility index (Phi) is 4.76. The lowest BCUT2D eigenvalue weighted by atomic mass is 10.1. The number of alkyl halides is 3. The average molecular weight is 392 g/mol. The summed E-state index contributed by atoms with van der Waals surface area (Å²) in [5.41, 5.74) is -2.64. The first-order valence-electron chi connectivity index (χ1n) is 8.14. The highest BCUT2D eigenvalue weighted by Crippen LogP contribution is 2.38.